The maximum atomic E-state index is 12.4. The molecule has 0 aromatic heterocycles. The van der Waals surface area contributed by atoms with Gasteiger partial charge in [-0.05, 0) is 40.2 Å². The predicted molar refractivity (Wildman–Crippen MR) is 90.1 cm³/mol. The third-order valence-corrected chi connectivity index (χ3v) is 6.65. The standard InChI is InChI=1S/C13H14Br3ClO2/c1-13(2,10(15)7-14)11(18)12(16)19-9-5-3-8(17)4-6-9/h3-6,10,12H,7H2,1-2H3. The van der Waals surface area contributed by atoms with Crippen molar-refractivity contribution < 1.29 is 9.53 Å². The van der Waals surface area contributed by atoms with Crippen LogP contribution in [0.15, 0.2) is 24.3 Å². The molecule has 0 fully saturated rings. The molecule has 1 aromatic carbocycles. The Kier molecular flexibility index (Phi) is 6.84. The summed E-state index contributed by atoms with van der Waals surface area (Å²) >= 11 is 16.0. The first-order valence-electron chi connectivity index (χ1n) is 5.59. The topological polar surface area (TPSA) is 26.3 Å². The summed E-state index contributed by atoms with van der Waals surface area (Å²) in [5.41, 5.74) is -0.551. The molecular weight excluding hydrogens is 463 g/mol. The Labute approximate surface area is 143 Å². The summed E-state index contributed by atoms with van der Waals surface area (Å²) in [6, 6.07) is 6.90. The van der Waals surface area contributed by atoms with Gasteiger partial charge in [0.2, 0.25) is 5.01 Å². The molecule has 0 aliphatic rings. The number of carbonyl (C=O) groups is 1. The molecule has 0 spiro atoms. The van der Waals surface area contributed by atoms with Crippen LogP contribution in [0.25, 0.3) is 0 Å². The van der Waals surface area contributed by atoms with E-state index in [2.05, 4.69) is 47.8 Å². The molecule has 19 heavy (non-hydrogen) atoms. The molecule has 0 saturated heterocycles. The number of rotatable bonds is 6. The average molecular weight is 477 g/mol. The zero-order valence-corrected chi connectivity index (χ0v) is 16.0. The van der Waals surface area contributed by atoms with E-state index in [0.29, 0.717) is 16.1 Å². The van der Waals surface area contributed by atoms with Gasteiger partial charge in [-0.1, -0.05) is 57.3 Å². The summed E-state index contributed by atoms with van der Waals surface area (Å²) in [5.74, 6) is 0.573. The number of carbonyl (C=O) groups excluding carboxylic acids is 1. The number of hydrogen-bond acceptors (Lipinski definition) is 2. The molecule has 2 unspecified atom stereocenters. The van der Waals surface area contributed by atoms with Crippen molar-refractivity contribution >= 4 is 65.2 Å². The first-order valence-corrected chi connectivity index (χ1v) is 8.92. The Hall–Kier alpha value is 0.420. The first kappa shape index (κ1) is 17.5. The van der Waals surface area contributed by atoms with Gasteiger partial charge in [0.25, 0.3) is 0 Å². The molecule has 0 heterocycles. The van der Waals surface area contributed by atoms with Gasteiger partial charge in [-0.3, -0.25) is 4.79 Å². The van der Waals surface area contributed by atoms with E-state index in [1.165, 1.54) is 0 Å². The smallest absolute Gasteiger partial charge is 0.211 e. The molecule has 1 aromatic rings. The Morgan fingerprint density at radius 1 is 1.32 bits per heavy atom. The number of benzene rings is 1. The molecule has 2 nitrogen and oxygen atoms in total. The Morgan fingerprint density at radius 3 is 2.32 bits per heavy atom. The molecule has 106 valence electrons. The van der Waals surface area contributed by atoms with Gasteiger partial charge in [0.05, 0.1) is 0 Å². The van der Waals surface area contributed by atoms with Crippen molar-refractivity contribution in [2.75, 3.05) is 5.33 Å². The van der Waals surface area contributed by atoms with Crippen LogP contribution >= 0.6 is 59.4 Å². The molecule has 0 aliphatic heterocycles. The molecule has 0 saturated carbocycles. The molecule has 0 aliphatic carbocycles. The lowest BCUT2D eigenvalue weighted by Gasteiger charge is -2.29. The first-order chi connectivity index (χ1) is 8.78. The normalized spacial score (nSPS) is 14.8. The maximum absolute atomic E-state index is 12.4. The van der Waals surface area contributed by atoms with Crippen LogP contribution in [0.1, 0.15) is 13.8 Å². The zero-order valence-electron chi connectivity index (χ0n) is 10.5. The minimum atomic E-state index is -0.692. The molecule has 6 heteroatoms. The van der Waals surface area contributed by atoms with E-state index in [9.17, 15) is 4.79 Å². The van der Waals surface area contributed by atoms with Crippen LogP contribution in [-0.2, 0) is 4.79 Å². The highest BCUT2D eigenvalue weighted by molar-refractivity contribution is 9.12. The van der Waals surface area contributed by atoms with Gasteiger partial charge in [-0.25, -0.2) is 0 Å². The van der Waals surface area contributed by atoms with Crippen LogP contribution < -0.4 is 4.74 Å². The lowest BCUT2D eigenvalue weighted by molar-refractivity contribution is -0.130. The van der Waals surface area contributed by atoms with Gasteiger partial charge in [0.1, 0.15) is 5.75 Å². The summed E-state index contributed by atoms with van der Waals surface area (Å²) < 4.78 is 5.58. The quantitative estimate of drug-likeness (QED) is 0.527. The highest BCUT2D eigenvalue weighted by Crippen LogP contribution is 2.33. The highest BCUT2D eigenvalue weighted by atomic mass is 79.9. The van der Waals surface area contributed by atoms with Crippen molar-refractivity contribution in [3.8, 4) is 5.75 Å². The highest BCUT2D eigenvalue weighted by Gasteiger charge is 2.39. The summed E-state index contributed by atoms with van der Waals surface area (Å²) in [6.45, 7) is 3.77. The minimum absolute atomic E-state index is 0.0243. The molecule has 0 amide bonds. The Morgan fingerprint density at radius 2 is 1.84 bits per heavy atom. The van der Waals surface area contributed by atoms with Crippen LogP contribution in [-0.4, -0.2) is 21.0 Å². The fraction of sp³-hybridized carbons (Fsp3) is 0.462. The maximum Gasteiger partial charge on any atom is 0.211 e. The number of Topliss-reactive ketones (excluding diaryl/α,β-unsaturated/α-hetero) is 1. The molecule has 0 N–H and O–H groups in total. The molecule has 0 radical (unpaired) electrons. The van der Waals surface area contributed by atoms with Crippen molar-refractivity contribution in [2.24, 2.45) is 5.41 Å². The van der Waals surface area contributed by atoms with E-state index < -0.39 is 10.4 Å². The van der Waals surface area contributed by atoms with Crippen molar-refractivity contribution in [1.29, 1.82) is 0 Å². The third kappa shape index (κ3) is 4.73. The third-order valence-electron chi connectivity index (χ3n) is 2.81. The molecule has 0 bridgehead atoms. The van der Waals surface area contributed by atoms with E-state index in [-0.39, 0.29) is 10.6 Å². The van der Waals surface area contributed by atoms with E-state index in [1.54, 1.807) is 24.3 Å². The van der Waals surface area contributed by atoms with Gasteiger partial charge in [0, 0.05) is 20.6 Å². The van der Waals surface area contributed by atoms with Crippen molar-refractivity contribution in [2.45, 2.75) is 23.7 Å². The van der Waals surface area contributed by atoms with Gasteiger partial charge >= 0.3 is 0 Å². The van der Waals surface area contributed by atoms with Crippen molar-refractivity contribution in [3.05, 3.63) is 29.3 Å². The SMILES string of the molecule is CC(C)(C(=O)C(Br)Oc1ccc(Cl)cc1)C(Br)CBr. The number of ether oxygens (including phenoxy) is 1. The number of alkyl halides is 3. The zero-order chi connectivity index (χ0) is 14.6. The van der Waals surface area contributed by atoms with E-state index in [0.717, 1.165) is 0 Å². The fourth-order valence-electron chi connectivity index (χ4n) is 1.33. The molecule has 1 rings (SSSR count). The van der Waals surface area contributed by atoms with E-state index >= 15 is 0 Å². The number of ketones is 1. The second-order valence-electron chi connectivity index (χ2n) is 4.60. The van der Waals surface area contributed by atoms with Crippen LogP contribution in [0.3, 0.4) is 0 Å². The van der Waals surface area contributed by atoms with E-state index in [1.807, 2.05) is 13.8 Å². The monoisotopic (exact) mass is 474 g/mol. The average Bonchev–Trinajstić information content (AvgIpc) is 2.39. The summed E-state index contributed by atoms with van der Waals surface area (Å²) in [7, 11) is 0. The lowest BCUT2D eigenvalue weighted by atomic mass is 9.85. The van der Waals surface area contributed by atoms with Crippen LogP contribution in [0, 0.1) is 5.41 Å². The van der Waals surface area contributed by atoms with Gasteiger partial charge in [-0.15, -0.1) is 0 Å². The van der Waals surface area contributed by atoms with Crippen molar-refractivity contribution in [1.82, 2.24) is 0 Å². The fourth-order valence-corrected chi connectivity index (χ4v) is 3.29. The van der Waals surface area contributed by atoms with Gasteiger partial charge in [0.15, 0.2) is 5.78 Å². The van der Waals surface area contributed by atoms with Crippen LogP contribution in [0.2, 0.25) is 5.02 Å². The largest absolute Gasteiger partial charge is 0.471 e. The number of halogens is 4. The van der Waals surface area contributed by atoms with Gasteiger partial charge < -0.3 is 4.74 Å². The van der Waals surface area contributed by atoms with E-state index in [4.69, 9.17) is 16.3 Å². The van der Waals surface area contributed by atoms with Crippen LogP contribution in [0.5, 0.6) is 5.75 Å². The summed E-state index contributed by atoms with van der Waals surface area (Å²) in [4.78, 5) is 12.4. The predicted octanol–water partition coefficient (Wildman–Crippen LogP) is 5.19. The lowest BCUT2D eigenvalue weighted by Crippen LogP contribution is -2.41. The summed E-state index contributed by atoms with van der Waals surface area (Å²) in [6.07, 6.45) is 0. The second kappa shape index (κ2) is 7.43. The Balaban J connectivity index is 2.75. The van der Waals surface area contributed by atoms with Crippen LogP contribution in [0.4, 0.5) is 0 Å². The second-order valence-corrected chi connectivity index (χ2v) is 7.62. The number of hydrogen-bond donors (Lipinski definition) is 0. The van der Waals surface area contributed by atoms with Gasteiger partial charge in [-0.2, -0.15) is 0 Å². The Bertz CT molecular complexity index is 434. The minimum Gasteiger partial charge on any atom is -0.471 e. The molecule has 2 atom stereocenters. The van der Waals surface area contributed by atoms with Crippen molar-refractivity contribution in [3.63, 3.8) is 0 Å². The summed E-state index contributed by atoms with van der Waals surface area (Å²) in [5, 5.41) is 0.625. The molecular formula is C13H14Br3ClO2.